The van der Waals surface area contributed by atoms with Crippen molar-refractivity contribution in [2.75, 3.05) is 11.9 Å². The van der Waals surface area contributed by atoms with E-state index in [0.29, 0.717) is 16.5 Å². The number of rotatable bonds is 4. The number of halogens is 3. The molecule has 15 heavy (non-hydrogen) atoms. The molecule has 0 unspecified atom stereocenters. The van der Waals surface area contributed by atoms with Gasteiger partial charge in [0.25, 0.3) is 6.43 Å². The highest BCUT2D eigenvalue weighted by Crippen LogP contribution is 2.27. The molecule has 1 N–H and O–H groups in total. The van der Waals surface area contributed by atoms with Crippen LogP contribution in [0.4, 0.5) is 14.6 Å². The lowest BCUT2D eigenvalue weighted by Crippen LogP contribution is -2.14. The zero-order chi connectivity index (χ0) is 11.4. The highest BCUT2D eigenvalue weighted by molar-refractivity contribution is 6.30. The van der Waals surface area contributed by atoms with E-state index in [0.717, 1.165) is 0 Å². The van der Waals surface area contributed by atoms with Crippen LogP contribution in [0.1, 0.15) is 25.3 Å². The molecule has 0 saturated heterocycles. The van der Waals surface area contributed by atoms with Crippen LogP contribution < -0.4 is 5.32 Å². The maximum Gasteiger partial charge on any atom is 0.255 e. The number of anilines is 1. The van der Waals surface area contributed by atoms with E-state index in [1.54, 1.807) is 0 Å². The van der Waals surface area contributed by atoms with Crippen LogP contribution in [-0.2, 0) is 0 Å². The third-order valence-electron chi connectivity index (χ3n) is 1.84. The standard InChI is InChI=1S/C9H12ClF2N3/c1-5(2)7-8(10)14-4-15-9(7)13-3-6(11)12/h4-6H,3H2,1-2H3,(H,13,14,15). The molecular weight excluding hydrogens is 224 g/mol. The zero-order valence-electron chi connectivity index (χ0n) is 8.47. The number of nitrogens with one attached hydrogen (secondary N) is 1. The van der Waals surface area contributed by atoms with Gasteiger partial charge in [0.05, 0.1) is 6.54 Å². The third-order valence-corrected chi connectivity index (χ3v) is 2.14. The molecule has 0 spiro atoms. The Hall–Kier alpha value is -0.970. The van der Waals surface area contributed by atoms with Crippen LogP contribution >= 0.6 is 11.6 Å². The van der Waals surface area contributed by atoms with Crippen LogP contribution in [0.2, 0.25) is 5.15 Å². The van der Waals surface area contributed by atoms with Crippen LogP contribution in [0, 0.1) is 0 Å². The normalized spacial score (nSPS) is 11.1. The summed E-state index contributed by atoms with van der Waals surface area (Å²) in [5.41, 5.74) is 0.666. The molecule has 0 amide bonds. The third kappa shape index (κ3) is 3.27. The lowest BCUT2D eigenvalue weighted by molar-refractivity contribution is 0.163. The van der Waals surface area contributed by atoms with Crippen LogP contribution in [0.3, 0.4) is 0 Å². The van der Waals surface area contributed by atoms with Gasteiger partial charge >= 0.3 is 0 Å². The number of hydrogen-bond donors (Lipinski definition) is 1. The first-order valence-electron chi connectivity index (χ1n) is 4.54. The van der Waals surface area contributed by atoms with E-state index >= 15 is 0 Å². The van der Waals surface area contributed by atoms with Crippen molar-refractivity contribution >= 4 is 17.4 Å². The molecule has 0 radical (unpaired) electrons. The van der Waals surface area contributed by atoms with Gasteiger partial charge in [-0.3, -0.25) is 0 Å². The molecule has 3 nitrogen and oxygen atoms in total. The molecule has 1 heterocycles. The lowest BCUT2D eigenvalue weighted by Gasteiger charge is -2.13. The first-order chi connectivity index (χ1) is 7.02. The first kappa shape index (κ1) is 12.1. The Bertz CT molecular complexity index is 331. The summed E-state index contributed by atoms with van der Waals surface area (Å²) in [6, 6.07) is 0. The van der Waals surface area contributed by atoms with Gasteiger partial charge in [0.15, 0.2) is 0 Å². The monoisotopic (exact) mass is 235 g/mol. The summed E-state index contributed by atoms with van der Waals surface area (Å²) in [7, 11) is 0. The molecule has 1 rings (SSSR count). The number of aromatic nitrogens is 2. The van der Waals surface area contributed by atoms with Crippen LogP contribution in [0.5, 0.6) is 0 Å². The molecule has 0 fully saturated rings. The lowest BCUT2D eigenvalue weighted by atomic mass is 10.1. The molecule has 84 valence electrons. The van der Waals surface area contributed by atoms with Gasteiger partial charge in [0.1, 0.15) is 17.3 Å². The van der Waals surface area contributed by atoms with Gasteiger partial charge in [-0.25, -0.2) is 18.7 Å². The van der Waals surface area contributed by atoms with Crippen molar-refractivity contribution in [2.24, 2.45) is 0 Å². The molecule has 0 aliphatic rings. The van der Waals surface area contributed by atoms with Crippen molar-refractivity contribution < 1.29 is 8.78 Å². The van der Waals surface area contributed by atoms with Gasteiger partial charge in [-0.1, -0.05) is 25.4 Å². The Kier molecular flexibility index (Phi) is 4.20. The van der Waals surface area contributed by atoms with E-state index < -0.39 is 13.0 Å². The highest BCUT2D eigenvalue weighted by Gasteiger charge is 2.14. The molecule has 0 aliphatic carbocycles. The van der Waals surface area contributed by atoms with Crippen molar-refractivity contribution in [1.82, 2.24) is 9.97 Å². The Labute approximate surface area is 91.9 Å². The van der Waals surface area contributed by atoms with E-state index in [2.05, 4.69) is 15.3 Å². The molecular formula is C9H12ClF2N3. The van der Waals surface area contributed by atoms with E-state index in [9.17, 15) is 8.78 Å². The number of nitrogens with zero attached hydrogens (tertiary/aromatic N) is 2. The van der Waals surface area contributed by atoms with E-state index in [-0.39, 0.29) is 5.92 Å². The van der Waals surface area contributed by atoms with Crippen LogP contribution in [0.25, 0.3) is 0 Å². The summed E-state index contributed by atoms with van der Waals surface area (Å²) in [6.07, 6.45) is -1.17. The predicted molar refractivity (Wildman–Crippen MR) is 55.6 cm³/mol. The minimum absolute atomic E-state index is 0.0823. The van der Waals surface area contributed by atoms with E-state index in [4.69, 9.17) is 11.6 Å². The van der Waals surface area contributed by atoms with Crippen molar-refractivity contribution in [2.45, 2.75) is 26.2 Å². The number of alkyl halides is 2. The fraction of sp³-hybridized carbons (Fsp3) is 0.556. The first-order valence-corrected chi connectivity index (χ1v) is 4.92. The summed E-state index contributed by atoms with van der Waals surface area (Å²) < 4.78 is 24.0. The molecule has 0 aliphatic heterocycles. The summed E-state index contributed by atoms with van der Waals surface area (Å²) in [4.78, 5) is 7.71. The van der Waals surface area contributed by atoms with Crippen LogP contribution in [-0.4, -0.2) is 22.9 Å². The van der Waals surface area contributed by atoms with Gasteiger partial charge < -0.3 is 5.32 Å². The fourth-order valence-electron chi connectivity index (χ4n) is 1.20. The predicted octanol–water partition coefficient (Wildman–Crippen LogP) is 2.93. The quantitative estimate of drug-likeness (QED) is 0.816. The smallest absolute Gasteiger partial charge is 0.255 e. The zero-order valence-corrected chi connectivity index (χ0v) is 9.22. The molecule has 6 heteroatoms. The molecule has 0 bridgehead atoms. The second-order valence-corrected chi connectivity index (χ2v) is 3.71. The molecule has 0 aromatic carbocycles. The second kappa shape index (κ2) is 5.21. The summed E-state index contributed by atoms with van der Waals surface area (Å²) >= 11 is 5.86. The second-order valence-electron chi connectivity index (χ2n) is 3.35. The van der Waals surface area contributed by atoms with E-state index in [1.165, 1.54) is 6.33 Å². The molecule has 1 aromatic heterocycles. The largest absolute Gasteiger partial charge is 0.364 e. The van der Waals surface area contributed by atoms with Gasteiger partial charge in [0, 0.05) is 5.56 Å². The Balaban J connectivity index is 2.91. The van der Waals surface area contributed by atoms with Gasteiger partial charge in [-0.2, -0.15) is 0 Å². The molecule has 0 atom stereocenters. The van der Waals surface area contributed by atoms with E-state index in [1.807, 2.05) is 13.8 Å². The average molecular weight is 236 g/mol. The Morgan fingerprint density at radius 3 is 2.60 bits per heavy atom. The maximum atomic E-state index is 12.0. The summed E-state index contributed by atoms with van der Waals surface area (Å²) in [6.45, 7) is 3.36. The SMILES string of the molecule is CC(C)c1c(Cl)ncnc1NCC(F)F. The fourth-order valence-corrected chi connectivity index (χ4v) is 1.55. The average Bonchev–Trinajstić information content (AvgIpc) is 2.13. The molecule has 1 aromatic rings. The van der Waals surface area contributed by atoms with Crippen molar-refractivity contribution in [3.8, 4) is 0 Å². The Morgan fingerprint density at radius 1 is 1.40 bits per heavy atom. The van der Waals surface area contributed by atoms with Crippen LogP contribution in [0.15, 0.2) is 6.33 Å². The molecule has 0 saturated carbocycles. The van der Waals surface area contributed by atoms with Crippen molar-refractivity contribution in [1.29, 1.82) is 0 Å². The minimum atomic E-state index is -2.42. The van der Waals surface area contributed by atoms with Crippen molar-refractivity contribution in [3.63, 3.8) is 0 Å². The number of hydrogen-bond acceptors (Lipinski definition) is 3. The highest BCUT2D eigenvalue weighted by atomic mass is 35.5. The van der Waals surface area contributed by atoms with Gasteiger partial charge in [0.2, 0.25) is 0 Å². The van der Waals surface area contributed by atoms with Crippen molar-refractivity contribution in [3.05, 3.63) is 17.0 Å². The topological polar surface area (TPSA) is 37.8 Å². The Morgan fingerprint density at radius 2 is 2.07 bits per heavy atom. The summed E-state index contributed by atoms with van der Waals surface area (Å²) in [5.74, 6) is 0.462. The summed E-state index contributed by atoms with van der Waals surface area (Å²) in [5, 5.41) is 2.85. The van der Waals surface area contributed by atoms with Gasteiger partial charge in [-0.05, 0) is 5.92 Å². The maximum absolute atomic E-state index is 12.0. The minimum Gasteiger partial charge on any atom is -0.364 e. The van der Waals surface area contributed by atoms with Gasteiger partial charge in [-0.15, -0.1) is 0 Å².